The van der Waals surface area contributed by atoms with Gasteiger partial charge in [-0.1, -0.05) is 25.0 Å². The van der Waals surface area contributed by atoms with Crippen molar-refractivity contribution in [3.8, 4) is 0 Å². The first-order chi connectivity index (χ1) is 9.57. The van der Waals surface area contributed by atoms with Gasteiger partial charge in [0.15, 0.2) is 0 Å². The largest absolute Gasteiger partial charge is 0.389 e. The molecule has 1 atom stereocenters. The predicted molar refractivity (Wildman–Crippen MR) is 73.6 cm³/mol. The number of hydrogen-bond acceptors (Lipinski definition) is 2. The Morgan fingerprint density at radius 1 is 1.40 bits per heavy atom. The van der Waals surface area contributed by atoms with E-state index in [9.17, 15) is 14.3 Å². The number of rotatable bonds is 3. The zero-order valence-electron chi connectivity index (χ0n) is 11.5. The van der Waals surface area contributed by atoms with E-state index in [0.717, 1.165) is 30.4 Å². The highest BCUT2D eigenvalue weighted by Gasteiger charge is 2.34. The van der Waals surface area contributed by atoms with E-state index in [1.807, 2.05) is 6.07 Å². The highest BCUT2D eigenvalue weighted by atomic mass is 19.1. The van der Waals surface area contributed by atoms with Gasteiger partial charge in [0.25, 0.3) is 0 Å². The molecular formula is C16H20FNO2. The van der Waals surface area contributed by atoms with Crippen LogP contribution in [0.15, 0.2) is 18.2 Å². The fraction of sp³-hybridized carbons (Fsp3) is 0.562. The van der Waals surface area contributed by atoms with Crippen molar-refractivity contribution in [2.24, 2.45) is 0 Å². The minimum absolute atomic E-state index is 0.113. The molecule has 2 aliphatic carbocycles. The molecule has 0 saturated heterocycles. The lowest BCUT2D eigenvalue weighted by molar-refractivity contribution is -0.126. The zero-order chi connectivity index (χ0) is 14.2. The third kappa shape index (κ3) is 2.57. The number of hydrogen-bond donors (Lipinski definition) is 2. The van der Waals surface area contributed by atoms with Crippen molar-refractivity contribution < 1.29 is 14.3 Å². The average Bonchev–Trinajstić information content (AvgIpc) is 2.98. The molecule has 0 spiro atoms. The minimum atomic E-state index is -0.826. The molecule has 1 aromatic carbocycles. The summed E-state index contributed by atoms with van der Waals surface area (Å²) in [5.74, 6) is -0.315. The maximum absolute atomic E-state index is 13.6. The van der Waals surface area contributed by atoms with Gasteiger partial charge in [0.1, 0.15) is 5.82 Å². The van der Waals surface area contributed by atoms with Crippen molar-refractivity contribution in [1.82, 2.24) is 5.32 Å². The Balaban J connectivity index is 1.65. The summed E-state index contributed by atoms with van der Waals surface area (Å²) in [4.78, 5) is 12.1. The second kappa shape index (κ2) is 5.17. The molecule has 0 radical (unpaired) electrons. The molecular weight excluding hydrogens is 257 g/mol. The Kier molecular flexibility index (Phi) is 3.50. The maximum atomic E-state index is 13.6. The van der Waals surface area contributed by atoms with Gasteiger partial charge in [-0.25, -0.2) is 4.39 Å². The van der Waals surface area contributed by atoms with E-state index in [2.05, 4.69) is 5.32 Å². The molecule has 0 aromatic heterocycles. The van der Waals surface area contributed by atoms with Crippen LogP contribution >= 0.6 is 0 Å². The number of aliphatic hydroxyl groups is 1. The molecule has 0 heterocycles. The summed E-state index contributed by atoms with van der Waals surface area (Å²) in [6.45, 7) is 0. The third-order valence-corrected chi connectivity index (χ3v) is 4.57. The average molecular weight is 277 g/mol. The molecule has 3 nitrogen and oxygen atoms in total. The highest BCUT2D eigenvalue weighted by molar-refractivity contribution is 5.77. The number of fused-ring (bicyclic) bond motifs is 1. The van der Waals surface area contributed by atoms with E-state index in [-0.39, 0.29) is 24.2 Å². The Bertz CT molecular complexity index is 523. The van der Waals surface area contributed by atoms with Crippen LogP contribution in [-0.4, -0.2) is 16.6 Å². The first-order valence-electron chi connectivity index (χ1n) is 7.36. The standard InChI is InChI=1S/C16H20FNO2/c17-13-5-3-4-12-11(13)6-7-14(12)18-15(19)10-16(20)8-1-2-9-16/h3-5,14,20H,1-2,6-10H2,(H,18,19). The van der Waals surface area contributed by atoms with E-state index in [4.69, 9.17) is 0 Å². The summed E-state index contributed by atoms with van der Waals surface area (Å²) < 4.78 is 13.6. The fourth-order valence-electron chi connectivity index (χ4n) is 3.51. The molecule has 1 amide bonds. The van der Waals surface area contributed by atoms with Crippen LogP contribution in [0.1, 0.15) is 55.7 Å². The lowest BCUT2D eigenvalue weighted by Gasteiger charge is -2.23. The lowest BCUT2D eigenvalue weighted by atomic mass is 9.97. The molecule has 4 heteroatoms. The normalized spacial score (nSPS) is 23.6. The van der Waals surface area contributed by atoms with Crippen molar-refractivity contribution in [3.05, 3.63) is 35.1 Å². The third-order valence-electron chi connectivity index (χ3n) is 4.57. The van der Waals surface area contributed by atoms with E-state index in [0.29, 0.717) is 19.3 Å². The van der Waals surface area contributed by atoms with Gasteiger partial charge in [0.05, 0.1) is 18.1 Å². The van der Waals surface area contributed by atoms with Crippen LogP contribution in [0, 0.1) is 5.82 Å². The van der Waals surface area contributed by atoms with Crippen LogP contribution in [0.3, 0.4) is 0 Å². The molecule has 1 saturated carbocycles. The minimum Gasteiger partial charge on any atom is -0.389 e. The smallest absolute Gasteiger partial charge is 0.223 e. The number of halogens is 1. The molecule has 0 bridgehead atoms. The van der Waals surface area contributed by atoms with Gasteiger partial charge in [-0.05, 0) is 42.9 Å². The molecule has 1 fully saturated rings. The Morgan fingerprint density at radius 3 is 2.90 bits per heavy atom. The summed E-state index contributed by atoms with van der Waals surface area (Å²) in [6, 6.07) is 4.91. The summed E-state index contributed by atoms with van der Waals surface area (Å²) in [5, 5.41) is 13.2. The quantitative estimate of drug-likeness (QED) is 0.892. The van der Waals surface area contributed by atoms with E-state index >= 15 is 0 Å². The fourth-order valence-corrected chi connectivity index (χ4v) is 3.51. The van der Waals surface area contributed by atoms with Crippen molar-refractivity contribution in [3.63, 3.8) is 0 Å². The molecule has 2 aliphatic rings. The number of carbonyl (C=O) groups excluding carboxylic acids is 1. The van der Waals surface area contributed by atoms with Gasteiger partial charge in [-0.15, -0.1) is 0 Å². The molecule has 3 rings (SSSR count). The van der Waals surface area contributed by atoms with Crippen molar-refractivity contribution in [2.75, 3.05) is 0 Å². The van der Waals surface area contributed by atoms with Crippen LogP contribution in [-0.2, 0) is 11.2 Å². The molecule has 1 unspecified atom stereocenters. The summed E-state index contributed by atoms with van der Waals surface area (Å²) in [7, 11) is 0. The van der Waals surface area contributed by atoms with Crippen LogP contribution in [0.4, 0.5) is 4.39 Å². The molecule has 2 N–H and O–H groups in total. The SMILES string of the molecule is O=C(CC1(O)CCCC1)NC1CCc2c(F)cccc21. The highest BCUT2D eigenvalue weighted by Crippen LogP contribution is 2.35. The zero-order valence-corrected chi connectivity index (χ0v) is 11.5. The van der Waals surface area contributed by atoms with Gasteiger partial charge in [0.2, 0.25) is 5.91 Å². The van der Waals surface area contributed by atoms with Crippen molar-refractivity contribution in [1.29, 1.82) is 0 Å². The van der Waals surface area contributed by atoms with Crippen LogP contribution in [0.2, 0.25) is 0 Å². The number of amides is 1. The van der Waals surface area contributed by atoms with Gasteiger partial charge in [-0.3, -0.25) is 4.79 Å². The molecule has 0 aliphatic heterocycles. The lowest BCUT2D eigenvalue weighted by Crippen LogP contribution is -2.36. The summed E-state index contributed by atoms with van der Waals surface area (Å²) in [6.07, 6.45) is 4.95. The van der Waals surface area contributed by atoms with Crippen LogP contribution < -0.4 is 5.32 Å². The van der Waals surface area contributed by atoms with Crippen LogP contribution in [0.5, 0.6) is 0 Å². The predicted octanol–water partition coefficient (Wildman–Crippen LogP) is 2.62. The van der Waals surface area contributed by atoms with Gasteiger partial charge >= 0.3 is 0 Å². The Morgan fingerprint density at radius 2 is 2.15 bits per heavy atom. The number of nitrogens with one attached hydrogen (secondary N) is 1. The summed E-state index contributed by atoms with van der Waals surface area (Å²) in [5.41, 5.74) is 0.780. The van der Waals surface area contributed by atoms with Crippen molar-refractivity contribution in [2.45, 2.75) is 56.6 Å². The second-order valence-electron chi connectivity index (χ2n) is 6.07. The van der Waals surface area contributed by atoms with E-state index in [1.165, 1.54) is 6.07 Å². The van der Waals surface area contributed by atoms with Crippen molar-refractivity contribution >= 4 is 5.91 Å². The maximum Gasteiger partial charge on any atom is 0.223 e. The van der Waals surface area contributed by atoms with Crippen LogP contribution in [0.25, 0.3) is 0 Å². The molecule has 20 heavy (non-hydrogen) atoms. The van der Waals surface area contributed by atoms with Gasteiger partial charge < -0.3 is 10.4 Å². The van der Waals surface area contributed by atoms with Gasteiger partial charge in [0, 0.05) is 0 Å². The molecule has 1 aromatic rings. The Labute approximate surface area is 118 Å². The first-order valence-corrected chi connectivity index (χ1v) is 7.36. The van der Waals surface area contributed by atoms with E-state index < -0.39 is 5.60 Å². The summed E-state index contributed by atoms with van der Waals surface area (Å²) >= 11 is 0. The number of carbonyl (C=O) groups is 1. The topological polar surface area (TPSA) is 49.3 Å². The van der Waals surface area contributed by atoms with Gasteiger partial charge in [-0.2, -0.15) is 0 Å². The number of benzene rings is 1. The Hall–Kier alpha value is -1.42. The second-order valence-corrected chi connectivity index (χ2v) is 6.07. The first kappa shape index (κ1) is 13.6. The van der Waals surface area contributed by atoms with E-state index in [1.54, 1.807) is 6.07 Å². The monoisotopic (exact) mass is 277 g/mol. The molecule has 108 valence electrons.